The molecule has 4 nitrogen and oxygen atoms in total. The molecule has 0 aliphatic heterocycles. The molecule has 2 unspecified atom stereocenters. The molecule has 31 heavy (non-hydrogen) atoms. The van der Waals surface area contributed by atoms with Gasteiger partial charge in [-0.3, -0.25) is 4.90 Å². The predicted molar refractivity (Wildman–Crippen MR) is 127 cm³/mol. The Hall–Kier alpha value is -2.86. The Bertz CT molecular complexity index is 1150. The van der Waals surface area contributed by atoms with Crippen molar-refractivity contribution in [2.45, 2.75) is 25.7 Å². The van der Waals surface area contributed by atoms with Gasteiger partial charge in [-0.05, 0) is 73.4 Å². The topological polar surface area (TPSA) is 52.9 Å². The first kappa shape index (κ1) is 21.4. The highest BCUT2D eigenvalue weighted by Gasteiger charge is 2.22. The van der Waals surface area contributed by atoms with Crippen LogP contribution in [0, 0.1) is 0 Å². The van der Waals surface area contributed by atoms with Gasteiger partial charge in [0.25, 0.3) is 0 Å². The Labute approximate surface area is 187 Å². The van der Waals surface area contributed by atoms with Crippen molar-refractivity contribution in [1.82, 2.24) is 4.90 Å². The standard InChI is InChI=1S/C17H21NO3.C9H6S/c1-12(18(2)3)21-16-10-6-14(7-11-16)17(20)13-4-8-15(19)9-5-13;1-2-4-8-6(3-1)7-5-9(7)10-8/h4-12,17,19-20H,1-3H3;1-4H,5H2. The van der Waals surface area contributed by atoms with E-state index in [-0.39, 0.29) is 12.0 Å². The van der Waals surface area contributed by atoms with Crippen LogP contribution in [0.4, 0.5) is 0 Å². The third-order valence-electron chi connectivity index (χ3n) is 5.43. The predicted octanol–water partition coefficient (Wildman–Crippen LogP) is 5.57. The van der Waals surface area contributed by atoms with Crippen molar-refractivity contribution < 1.29 is 14.9 Å². The molecule has 0 bridgehead atoms. The van der Waals surface area contributed by atoms with E-state index in [4.69, 9.17) is 4.74 Å². The van der Waals surface area contributed by atoms with Crippen LogP contribution in [0.1, 0.15) is 34.6 Å². The van der Waals surface area contributed by atoms with E-state index in [9.17, 15) is 10.2 Å². The first-order chi connectivity index (χ1) is 14.9. The number of hydrogen-bond acceptors (Lipinski definition) is 5. The number of aromatic hydroxyl groups is 1. The Morgan fingerprint density at radius 1 is 0.903 bits per heavy atom. The number of phenolic OH excluding ortho intramolecular Hbond substituents is 1. The zero-order valence-corrected chi connectivity index (χ0v) is 18.8. The number of rotatable bonds is 5. The van der Waals surface area contributed by atoms with Gasteiger partial charge in [-0.2, -0.15) is 0 Å². The molecule has 0 spiro atoms. The van der Waals surface area contributed by atoms with Crippen molar-refractivity contribution in [2.24, 2.45) is 0 Å². The highest BCUT2D eigenvalue weighted by Crippen LogP contribution is 2.42. The summed E-state index contributed by atoms with van der Waals surface area (Å²) in [5, 5.41) is 21.1. The smallest absolute Gasteiger partial charge is 0.149 e. The summed E-state index contributed by atoms with van der Waals surface area (Å²) in [4.78, 5) is 3.57. The monoisotopic (exact) mass is 433 g/mol. The van der Waals surface area contributed by atoms with Gasteiger partial charge in [0, 0.05) is 16.0 Å². The molecule has 160 valence electrons. The van der Waals surface area contributed by atoms with E-state index in [2.05, 4.69) is 24.3 Å². The summed E-state index contributed by atoms with van der Waals surface area (Å²) in [7, 11) is 3.90. The van der Waals surface area contributed by atoms with E-state index in [0.29, 0.717) is 0 Å². The van der Waals surface area contributed by atoms with E-state index in [1.54, 1.807) is 34.7 Å². The van der Waals surface area contributed by atoms with Crippen LogP contribution in [0.15, 0.2) is 72.8 Å². The van der Waals surface area contributed by atoms with Crippen LogP contribution in [0.3, 0.4) is 0 Å². The van der Waals surface area contributed by atoms with Gasteiger partial charge < -0.3 is 14.9 Å². The molecule has 0 amide bonds. The van der Waals surface area contributed by atoms with Crippen LogP contribution in [0.5, 0.6) is 11.5 Å². The fourth-order valence-electron chi connectivity index (χ4n) is 3.28. The summed E-state index contributed by atoms with van der Waals surface area (Å²) >= 11 is 1.94. The summed E-state index contributed by atoms with van der Waals surface area (Å²) in [6.07, 6.45) is 0.533. The zero-order chi connectivity index (χ0) is 22.0. The minimum Gasteiger partial charge on any atom is -0.508 e. The van der Waals surface area contributed by atoms with Crippen molar-refractivity contribution in [2.75, 3.05) is 14.1 Å². The molecule has 0 saturated heterocycles. The third-order valence-corrected chi connectivity index (χ3v) is 6.65. The Balaban J connectivity index is 0.000000188. The van der Waals surface area contributed by atoms with Crippen LogP contribution >= 0.6 is 11.3 Å². The molecule has 5 rings (SSSR count). The van der Waals surface area contributed by atoms with Gasteiger partial charge >= 0.3 is 0 Å². The lowest BCUT2D eigenvalue weighted by Gasteiger charge is -2.21. The molecular weight excluding hydrogens is 406 g/mol. The van der Waals surface area contributed by atoms with Gasteiger partial charge in [0.15, 0.2) is 0 Å². The summed E-state index contributed by atoms with van der Waals surface area (Å²) in [6.45, 7) is 1.97. The van der Waals surface area contributed by atoms with Crippen molar-refractivity contribution in [3.63, 3.8) is 0 Å². The molecule has 4 aromatic rings. The fraction of sp³-hybridized carbons (Fsp3) is 0.231. The molecule has 3 aromatic carbocycles. The van der Waals surface area contributed by atoms with Gasteiger partial charge in [-0.15, -0.1) is 11.3 Å². The molecule has 0 radical (unpaired) electrons. The fourth-order valence-corrected chi connectivity index (χ4v) is 4.44. The van der Waals surface area contributed by atoms with Gasteiger partial charge in [0.1, 0.15) is 23.8 Å². The van der Waals surface area contributed by atoms with Crippen molar-refractivity contribution in [1.29, 1.82) is 0 Å². The maximum absolute atomic E-state index is 10.3. The first-order valence-electron chi connectivity index (χ1n) is 10.3. The van der Waals surface area contributed by atoms with Gasteiger partial charge in [-0.1, -0.05) is 42.5 Å². The number of ether oxygens (including phenoxy) is 1. The molecule has 2 atom stereocenters. The number of fused-ring (bicyclic) bond motifs is 3. The normalized spacial score (nSPS) is 13.8. The number of hydrogen-bond donors (Lipinski definition) is 2. The highest BCUT2D eigenvalue weighted by molar-refractivity contribution is 7.20. The van der Waals surface area contributed by atoms with Crippen LogP contribution < -0.4 is 4.74 Å². The number of thiophene rings is 1. The molecule has 1 heterocycles. The second-order valence-electron chi connectivity index (χ2n) is 7.92. The van der Waals surface area contributed by atoms with Crippen molar-refractivity contribution in [3.05, 3.63) is 94.4 Å². The lowest BCUT2D eigenvalue weighted by Crippen LogP contribution is -2.30. The molecule has 1 aliphatic carbocycles. The number of benzene rings is 3. The lowest BCUT2D eigenvalue weighted by atomic mass is 10.0. The van der Waals surface area contributed by atoms with Crippen molar-refractivity contribution >= 4 is 21.4 Å². The molecule has 1 aliphatic rings. The summed E-state index contributed by atoms with van der Waals surface area (Å²) < 4.78 is 7.20. The lowest BCUT2D eigenvalue weighted by molar-refractivity contribution is 0.0815. The number of nitrogens with zero attached hydrogens (tertiary/aromatic N) is 1. The summed E-state index contributed by atoms with van der Waals surface area (Å²) in [6, 6.07) is 22.6. The number of aliphatic hydroxyl groups excluding tert-OH is 1. The maximum atomic E-state index is 10.3. The van der Waals surface area contributed by atoms with Gasteiger partial charge in [0.2, 0.25) is 0 Å². The second-order valence-corrected chi connectivity index (χ2v) is 9.06. The minimum absolute atomic E-state index is 0.0159. The molecule has 5 heteroatoms. The minimum atomic E-state index is -0.717. The summed E-state index contributed by atoms with van der Waals surface area (Å²) in [5.74, 6) is 0.949. The Morgan fingerprint density at radius 3 is 2.13 bits per heavy atom. The van der Waals surface area contributed by atoms with Crippen LogP contribution in [0.25, 0.3) is 10.1 Å². The number of phenols is 1. The Morgan fingerprint density at radius 2 is 1.52 bits per heavy atom. The average molecular weight is 434 g/mol. The van der Waals surface area contributed by atoms with Crippen LogP contribution in [-0.2, 0) is 6.42 Å². The van der Waals surface area contributed by atoms with E-state index in [1.165, 1.54) is 16.5 Å². The molecule has 1 aromatic heterocycles. The van der Waals surface area contributed by atoms with E-state index in [1.807, 2.05) is 61.5 Å². The van der Waals surface area contributed by atoms with E-state index >= 15 is 0 Å². The molecule has 0 fully saturated rings. The number of aliphatic hydroxyl groups is 1. The quantitative estimate of drug-likeness (QED) is 0.356. The average Bonchev–Trinajstić information content (AvgIpc) is 3.45. The molecule has 2 N–H and O–H groups in total. The van der Waals surface area contributed by atoms with Crippen molar-refractivity contribution in [3.8, 4) is 11.5 Å². The summed E-state index contributed by atoms with van der Waals surface area (Å²) in [5.41, 5.74) is 3.12. The second kappa shape index (κ2) is 9.10. The first-order valence-corrected chi connectivity index (χ1v) is 11.1. The Kier molecular flexibility index (Phi) is 6.28. The van der Waals surface area contributed by atoms with E-state index in [0.717, 1.165) is 16.9 Å². The third kappa shape index (κ3) is 5.07. The van der Waals surface area contributed by atoms with Crippen LogP contribution in [0.2, 0.25) is 0 Å². The zero-order valence-electron chi connectivity index (χ0n) is 17.9. The molecule has 0 saturated carbocycles. The highest BCUT2D eigenvalue weighted by atomic mass is 32.1. The maximum Gasteiger partial charge on any atom is 0.149 e. The van der Waals surface area contributed by atoms with Crippen LogP contribution in [-0.4, -0.2) is 35.4 Å². The molecular formula is C26H27NO3S. The van der Waals surface area contributed by atoms with E-state index < -0.39 is 6.10 Å². The SMILES string of the molecule is CC(Oc1ccc(C(O)c2ccc(O)cc2)cc1)N(C)C.c1ccc2c3c(sc2c1)C3. The van der Waals surface area contributed by atoms with Gasteiger partial charge in [-0.25, -0.2) is 0 Å². The van der Waals surface area contributed by atoms with Gasteiger partial charge in [0.05, 0.1) is 0 Å². The largest absolute Gasteiger partial charge is 0.508 e.